The van der Waals surface area contributed by atoms with Crippen LogP contribution in [0.3, 0.4) is 0 Å². The largest absolute Gasteiger partial charge is 0.352 e. The zero-order valence-corrected chi connectivity index (χ0v) is 12.5. The van der Waals surface area contributed by atoms with Crippen molar-refractivity contribution in [2.45, 2.75) is 19.3 Å². The molecule has 1 fully saturated rings. The average molecular weight is 304 g/mol. The molecule has 1 aromatic carbocycles. The molecule has 1 saturated carbocycles. The molecule has 0 saturated heterocycles. The first-order valence-corrected chi connectivity index (χ1v) is 7.86. The van der Waals surface area contributed by atoms with Gasteiger partial charge in [-0.3, -0.25) is 14.8 Å². The highest BCUT2D eigenvalue weighted by atomic mass is 35.5. The van der Waals surface area contributed by atoms with E-state index in [-0.39, 0.29) is 5.91 Å². The molecule has 1 amide bonds. The van der Waals surface area contributed by atoms with E-state index in [2.05, 4.69) is 15.3 Å². The Labute approximate surface area is 128 Å². The molecule has 0 bridgehead atoms. The van der Waals surface area contributed by atoms with Gasteiger partial charge in [0.1, 0.15) is 0 Å². The van der Waals surface area contributed by atoms with E-state index in [0.717, 1.165) is 17.5 Å². The predicted molar refractivity (Wildman–Crippen MR) is 83.4 cm³/mol. The molecule has 1 heterocycles. The average Bonchev–Trinajstić information content (AvgIpc) is 2.99. The standard InChI is InChI=1S/C16H18ClN3O/c17-9-12-2-1-3-13(12)10-20-16(21)11-4-5-14-15(8-11)19-7-6-18-14/h4-8,12-13H,1-3,9-10H2,(H,20,21). The number of nitrogens with one attached hydrogen (secondary N) is 1. The van der Waals surface area contributed by atoms with Crippen molar-refractivity contribution in [2.75, 3.05) is 12.4 Å². The summed E-state index contributed by atoms with van der Waals surface area (Å²) in [6, 6.07) is 5.40. The third-order valence-corrected chi connectivity index (χ3v) is 4.67. The summed E-state index contributed by atoms with van der Waals surface area (Å²) in [5.74, 6) is 1.68. The zero-order valence-electron chi connectivity index (χ0n) is 11.8. The van der Waals surface area contributed by atoms with E-state index < -0.39 is 0 Å². The van der Waals surface area contributed by atoms with Crippen molar-refractivity contribution < 1.29 is 4.79 Å². The van der Waals surface area contributed by atoms with E-state index in [1.165, 1.54) is 12.8 Å². The number of nitrogens with zero attached hydrogens (tertiary/aromatic N) is 2. The summed E-state index contributed by atoms with van der Waals surface area (Å²) in [6.07, 6.45) is 6.82. The highest BCUT2D eigenvalue weighted by Gasteiger charge is 2.26. The van der Waals surface area contributed by atoms with Crippen molar-refractivity contribution in [1.29, 1.82) is 0 Å². The van der Waals surface area contributed by atoms with Crippen LogP contribution in [0.25, 0.3) is 11.0 Å². The Morgan fingerprint density at radius 3 is 2.76 bits per heavy atom. The minimum absolute atomic E-state index is 0.0530. The monoisotopic (exact) mass is 303 g/mol. The summed E-state index contributed by atoms with van der Waals surface area (Å²) in [5.41, 5.74) is 2.17. The van der Waals surface area contributed by atoms with Crippen molar-refractivity contribution in [3.63, 3.8) is 0 Å². The van der Waals surface area contributed by atoms with Gasteiger partial charge in [0.05, 0.1) is 11.0 Å². The van der Waals surface area contributed by atoms with E-state index in [1.807, 2.05) is 6.07 Å². The maximum atomic E-state index is 12.2. The fourth-order valence-electron chi connectivity index (χ4n) is 3.02. The quantitative estimate of drug-likeness (QED) is 0.883. The highest BCUT2D eigenvalue weighted by Crippen LogP contribution is 2.31. The van der Waals surface area contributed by atoms with Crippen LogP contribution in [0.2, 0.25) is 0 Å². The second-order valence-electron chi connectivity index (χ2n) is 5.58. The van der Waals surface area contributed by atoms with Crippen LogP contribution in [0.5, 0.6) is 0 Å². The highest BCUT2D eigenvalue weighted by molar-refractivity contribution is 6.18. The number of carbonyl (C=O) groups excluding carboxylic acids is 1. The molecule has 5 heteroatoms. The summed E-state index contributed by atoms with van der Waals surface area (Å²) in [4.78, 5) is 20.7. The van der Waals surface area contributed by atoms with Crippen molar-refractivity contribution in [3.05, 3.63) is 36.2 Å². The van der Waals surface area contributed by atoms with Crippen molar-refractivity contribution in [2.24, 2.45) is 11.8 Å². The molecule has 1 aliphatic carbocycles. The minimum atomic E-state index is -0.0530. The number of rotatable bonds is 4. The number of hydrogen-bond acceptors (Lipinski definition) is 3. The van der Waals surface area contributed by atoms with Crippen LogP contribution in [0.4, 0.5) is 0 Å². The van der Waals surface area contributed by atoms with Crippen LogP contribution in [-0.2, 0) is 0 Å². The van der Waals surface area contributed by atoms with Gasteiger partial charge in [0, 0.05) is 30.4 Å². The molecule has 1 N–H and O–H groups in total. The third-order valence-electron chi connectivity index (χ3n) is 4.27. The molecule has 0 spiro atoms. The molecule has 1 aromatic heterocycles. The molecule has 4 nitrogen and oxygen atoms in total. The fourth-order valence-corrected chi connectivity index (χ4v) is 3.42. The molecule has 21 heavy (non-hydrogen) atoms. The van der Waals surface area contributed by atoms with Gasteiger partial charge < -0.3 is 5.32 Å². The van der Waals surface area contributed by atoms with Crippen molar-refractivity contribution in [1.82, 2.24) is 15.3 Å². The lowest BCUT2D eigenvalue weighted by atomic mass is 9.98. The Bertz CT molecular complexity index is 646. The van der Waals surface area contributed by atoms with Crippen LogP contribution < -0.4 is 5.32 Å². The number of benzene rings is 1. The SMILES string of the molecule is O=C(NCC1CCCC1CCl)c1ccc2nccnc2c1. The minimum Gasteiger partial charge on any atom is -0.352 e. The number of carbonyl (C=O) groups is 1. The predicted octanol–water partition coefficient (Wildman–Crippen LogP) is 3.01. The molecular weight excluding hydrogens is 286 g/mol. The number of hydrogen-bond donors (Lipinski definition) is 1. The number of fused-ring (bicyclic) bond motifs is 1. The van der Waals surface area contributed by atoms with E-state index in [4.69, 9.17) is 11.6 Å². The molecule has 2 aromatic rings. The Balaban J connectivity index is 1.66. The van der Waals surface area contributed by atoms with Crippen LogP contribution in [0.15, 0.2) is 30.6 Å². The first-order chi connectivity index (χ1) is 10.3. The fraction of sp³-hybridized carbons (Fsp3) is 0.438. The Kier molecular flexibility index (Phi) is 4.34. The summed E-state index contributed by atoms with van der Waals surface area (Å²) < 4.78 is 0. The van der Waals surface area contributed by atoms with Gasteiger partial charge in [-0.2, -0.15) is 0 Å². The number of halogens is 1. The van der Waals surface area contributed by atoms with E-state index in [0.29, 0.717) is 29.8 Å². The molecule has 1 aliphatic rings. The van der Waals surface area contributed by atoms with Gasteiger partial charge in [0.25, 0.3) is 5.91 Å². The lowest BCUT2D eigenvalue weighted by Crippen LogP contribution is -2.31. The van der Waals surface area contributed by atoms with Gasteiger partial charge in [0.2, 0.25) is 0 Å². The number of aromatic nitrogens is 2. The molecule has 2 atom stereocenters. The van der Waals surface area contributed by atoms with Gasteiger partial charge in [-0.15, -0.1) is 11.6 Å². The molecule has 110 valence electrons. The van der Waals surface area contributed by atoms with Crippen LogP contribution in [0.1, 0.15) is 29.6 Å². The lowest BCUT2D eigenvalue weighted by Gasteiger charge is -2.17. The van der Waals surface area contributed by atoms with Gasteiger partial charge in [0.15, 0.2) is 0 Å². The second-order valence-corrected chi connectivity index (χ2v) is 5.88. The molecule has 0 aliphatic heterocycles. The van der Waals surface area contributed by atoms with Gasteiger partial charge in [-0.25, -0.2) is 0 Å². The molecule has 0 radical (unpaired) electrons. The second kappa shape index (κ2) is 6.39. The lowest BCUT2D eigenvalue weighted by molar-refractivity contribution is 0.0945. The van der Waals surface area contributed by atoms with Gasteiger partial charge in [-0.1, -0.05) is 6.42 Å². The Morgan fingerprint density at radius 2 is 1.95 bits per heavy atom. The van der Waals surface area contributed by atoms with Gasteiger partial charge in [-0.05, 0) is 42.9 Å². The third kappa shape index (κ3) is 3.16. The number of alkyl halides is 1. The van der Waals surface area contributed by atoms with Crippen molar-refractivity contribution in [3.8, 4) is 0 Å². The summed E-state index contributed by atoms with van der Waals surface area (Å²) in [7, 11) is 0. The van der Waals surface area contributed by atoms with Crippen LogP contribution in [0, 0.1) is 11.8 Å². The van der Waals surface area contributed by atoms with Gasteiger partial charge >= 0.3 is 0 Å². The maximum absolute atomic E-state index is 12.2. The molecular formula is C16H18ClN3O. The summed E-state index contributed by atoms with van der Waals surface area (Å²) in [5, 5.41) is 3.02. The zero-order chi connectivity index (χ0) is 14.7. The van der Waals surface area contributed by atoms with Crippen LogP contribution >= 0.6 is 11.6 Å². The van der Waals surface area contributed by atoms with E-state index in [1.54, 1.807) is 24.5 Å². The topological polar surface area (TPSA) is 54.9 Å². The van der Waals surface area contributed by atoms with E-state index in [9.17, 15) is 4.79 Å². The van der Waals surface area contributed by atoms with Crippen LogP contribution in [-0.4, -0.2) is 28.3 Å². The Hall–Kier alpha value is -1.68. The summed E-state index contributed by atoms with van der Waals surface area (Å²) in [6.45, 7) is 0.703. The number of amides is 1. The smallest absolute Gasteiger partial charge is 0.251 e. The first-order valence-electron chi connectivity index (χ1n) is 7.33. The summed E-state index contributed by atoms with van der Waals surface area (Å²) >= 11 is 5.97. The maximum Gasteiger partial charge on any atom is 0.251 e. The molecule has 3 rings (SSSR count). The molecule has 2 unspecified atom stereocenters. The first kappa shape index (κ1) is 14.3. The Morgan fingerprint density at radius 1 is 1.19 bits per heavy atom. The van der Waals surface area contributed by atoms with E-state index >= 15 is 0 Å². The van der Waals surface area contributed by atoms with Crippen molar-refractivity contribution >= 4 is 28.5 Å². The normalized spacial score (nSPS) is 21.6.